The Bertz CT molecular complexity index is 1100. The van der Waals surface area contributed by atoms with Gasteiger partial charge in [0.25, 0.3) is 5.91 Å². The Morgan fingerprint density at radius 3 is 2.06 bits per heavy atom. The van der Waals surface area contributed by atoms with E-state index in [1.54, 1.807) is 67.9 Å². The number of benzene rings is 2. The van der Waals surface area contributed by atoms with E-state index >= 15 is 0 Å². The lowest BCUT2D eigenvalue weighted by Crippen LogP contribution is -2.63. The number of rotatable bonds is 9. The molecule has 0 aliphatic rings. The SMILES string of the molecule is CC(C)(N)[C@H](NC(=O)c1ccc(C#Cc2ccc(OCCS(C)(=O)=O)cc2)cc1)[C@H](O)NO. The van der Waals surface area contributed by atoms with Gasteiger partial charge in [-0.1, -0.05) is 11.8 Å². The number of hydroxylamine groups is 1. The van der Waals surface area contributed by atoms with Crippen molar-refractivity contribution in [2.75, 3.05) is 18.6 Å². The summed E-state index contributed by atoms with van der Waals surface area (Å²) in [4.78, 5) is 12.5. The number of aliphatic hydroxyl groups excluding tert-OH is 1. The quantitative estimate of drug-likeness (QED) is 0.201. The third kappa shape index (κ3) is 8.84. The zero-order valence-electron chi connectivity index (χ0n) is 18.7. The molecule has 0 spiro atoms. The van der Waals surface area contributed by atoms with Crippen molar-refractivity contribution in [1.82, 2.24) is 10.8 Å². The molecular weight excluding hydrogens is 446 g/mol. The number of amides is 1. The van der Waals surface area contributed by atoms with Crippen LogP contribution in [0.3, 0.4) is 0 Å². The van der Waals surface area contributed by atoms with E-state index in [9.17, 15) is 18.3 Å². The van der Waals surface area contributed by atoms with E-state index in [0.717, 1.165) is 11.8 Å². The third-order valence-electron chi connectivity index (χ3n) is 4.61. The topological polar surface area (TPSA) is 151 Å². The Kier molecular flexibility index (Phi) is 8.99. The average Bonchev–Trinajstić information content (AvgIpc) is 2.75. The molecule has 0 saturated carbocycles. The van der Waals surface area contributed by atoms with Crippen LogP contribution in [-0.4, -0.2) is 61.1 Å². The molecule has 1 amide bonds. The summed E-state index contributed by atoms with van der Waals surface area (Å²) >= 11 is 0. The second-order valence-electron chi connectivity index (χ2n) is 8.18. The van der Waals surface area contributed by atoms with Gasteiger partial charge >= 0.3 is 0 Å². The number of nitrogens with one attached hydrogen (secondary N) is 2. The highest BCUT2D eigenvalue weighted by molar-refractivity contribution is 7.90. The lowest BCUT2D eigenvalue weighted by atomic mass is 9.94. The summed E-state index contributed by atoms with van der Waals surface area (Å²) in [6.45, 7) is 3.32. The van der Waals surface area contributed by atoms with Gasteiger partial charge in [-0.25, -0.2) is 8.42 Å². The molecular formula is C23H29N3O6S. The number of ether oxygens (including phenoxy) is 1. The maximum absolute atomic E-state index is 12.5. The molecule has 0 heterocycles. The van der Waals surface area contributed by atoms with Crippen molar-refractivity contribution in [3.8, 4) is 17.6 Å². The van der Waals surface area contributed by atoms with Crippen LogP contribution in [0.2, 0.25) is 0 Å². The molecule has 0 radical (unpaired) electrons. The van der Waals surface area contributed by atoms with Crippen molar-refractivity contribution in [2.24, 2.45) is 5.73 Å². The van der Waals surface area contributed by atoms with Gasteiger partial charge in [-0.2, -0.15) is 5.48 Å². The number of aliphatic hydroxyl groups is 1. The molecule has 10 heteroatoms. The molecule has 6 N–H and O–H groups in total. The molecule has 2 aromatic carbocycles. The highest BCUT2D eigenvalue weighted by atomic mass is 32.2. The van der Waals surface area contributed by atoms with E-state index in [1.165, 1.54) is 0 Å². The van der Waals surface area contributed by atoms with Gasteiger partial charge in [0.15, 0.2) is 9.84 Å². The van der Waals surface area contributed by atoms with Gasteiger partial charge in [-0.05, 0) is 62.4 Å². The van der Waals surface area contributed by atoms with Crippen LogP contribution in [0.4, 0.5) is 0 Å². The molecule has 0 aliphatic carbocycles. The predicted molar refractivity (Wildman–Crippen MR) is 125 cm³/mol. The molecule has 0 aliphatic heterocycles. The first-order valence-corrected chi connectivity index (χ1v) is 12.2. The Balaban J connectivity index is 2.00. The van der Waals surface area contributed by atoms with Crippen molar-refractivity contribution in [3.63, 3.8) is 0 Å². The maximum atomic E-state index is 12.5. The van der Waals surface area contributed by atoms with Gasteiger partial charge in [-0.15, -0.1) is 0 Å². The summed E-state index contributed by atoms with van der Waals surface area (Å²) in [6, 6.07) is 12.6. The van der Waals surface area contributed by atoms with E-state index in [4.69, 9.17) is 15.7 Å². The van der Waals surface area contributed by atoms with Gasteiger partial charge in [0, 0.05) is 28.5 Å². The van der Waals surface area contributed by atoms with E-state index in [1.807, 2.05) is 0 Å². The fourth-order valence-electron chi connectivity index (χ4n) is 2.77. The van der Waals surface area contributed by atoms with Crippen LogP contribution in [0.1, 0.15) is 35.3 Å². The van der Waals surface area contributed by atoms with E-state index in [0.29, 0.717) is 16.9 Å². The van der Waals surface area contributed by atoms with Gasteiger partial charge in [0.1, 0.15) is 18.6 Å². The van der Waals surface area contributed by atoms with Crippen LogP contribution in [0.25, 0.3) is 0 Å². The fourth-order valence-corrected chi connectivity index (χ4v) is 3.15. The number of nitrogens with two attached hydrogens (primary N) is 1. The number of hydrogen-bond donors (Lipinski definition) is 5. The Morgan fingerprint density at radius 2 is 1.61 bits per heavy atom. The van der Waals surface area contributed by atoms with Gasteiger partial charge in [0.05, 0.1) is 11.8 Å². The van der Waals surface area contributed by atoms with Gasteiger partial charge < -0.3 is 26.1 Å². The average molecular weight is 476 g/mol. The lowest BCUT2D eigenvalue weighted by molar-refractivity contribution is -0.0326. The summed E-state index contributed by atoms with van der Waals surface area (Å²) in [7, 11) is -3.07. The number of carbonyl (C=O) groups is 1. The minimum atomic E-state index is -3.07. The van der Waals surface area contributed by atoms with Crippen LogP contribution in [0, 0.1) is 11.8 Å². The summed E-state index contributed by atoms with van der Waals surface area (Å²) in [5.41, 5.74) is 8.45. The maximum Gasteiger partial charge on any atom is 0.251 e. The summed E-state index contributed by atoms with van der Waals surface area (Å²) in [5.74, 6) is 6.05. The van der Waals surface area contributed by atoms with Crippen molar-refractivity contribution < 1.29 is 28.3 Å². The monoisotopic (exact) mass is 475 g/mol. The second kappa shape index (κ2) is 11.3. The highest BCUT2D eigenvalue weighted by Crippen LogP contribution is 2.13. The largest absolute Gasteiger partial charge is 0.493 e. The Hall–Kier alpha value is -2.94. The van der Waals surface area contributed by atoms with Crippen LogP contribution in [0.15, 0.2) is 48.5 Å². The van der Waals surface area contributed by atoms with Crippen molar-refractivity contribution in [3.05, 3.63) is 65.2 Å². The van der Waals surface area contributed by atoms with E-state index in [2.05, 4.69) is 17.2 Å². The minimum Gasteiger partial charge on any atom is -0.493 e. The number of carbonyl (C=O) groups excluding carboxylic acids is 1. The first kappa shape index (κ1) is 26.3. The third-order valence-corrected chi connectivity index (χ3v) is 5.52. The summed E-state index contributed by atoms with van der Waals surface area (Å²) in [5, 5.41) is 21.4. The minimum absolute atomic E-state index is 0.0495. The summed E-state index contributed by atoms with van der Waals surface area (Å²) < 4.78 is 27.7. The standard InChI is InChI=1S/C23H29N3O6S/c1-23(2,24)20(22(28)26-29)25-21(27)18-10-6-16(7-11-18)4-5-17-8-12-19(13-9-17)32-14-15-33(3,30)31/h6-13,20,22,26,28-29H,14-15,24H2,1-3H3,(H,25,27)/t20-,22+/m1/s1. The van der Waals surface area contributed by atoms with Gasteiger partial charge in [0.2, 0.25) is 0 Å². The lowest BCUT2D eigenvalue weighted by Gasteiger charge is -2.34. The molecule has 2 rings (SSSR count). The second-order valence-corrected chi connectivity index (χ2v) is 10.4. The normalized spacial score (nSPS) is 13.4. The van der Waals surface area contributed by atoms with Crippen LogP contribution in [-0.2, 0) is 9.84 Å². The number of sulfone groups is 1. The molecule has 2 aromatic rings. The van der Waals surface area contributed by atoms with Crippen molar-refractivity contribution >= 4 is 15.7 Å². The molecule has 9 nitrogen and oxygen atoms in total. The molecule has 0 unspecified atom stereocenters. The molecule has 178 valence electrons. The highest BCUT2D eigenvalue weighted by Gasteiger charge is 2.33. The molecule has 33 heavy (non-hydrogen) atoms. The first-order valence-electron chi connectivity index (χ1n) is 10.1. The first-order chi connectivity index (χ1) is 15.4. The van der Waals surface area contributed by atoms with Crippen molar-refractivity contribution in [2.45, 2.75) is 31.7 Å². The fraction of sp³-hybridized carbons (Fsp3) is 0.348. The van der Waals surface area contributed by atoms with Gasteiger partial charge in [-0.3, -0.25) is 4.79 Å². The van der Waals surface area contributed by atoms with E-state index < -0.39 is 33.6 Å². The summed E-state index contributed by atoms with van der Waals surface area (Å²) in [6.07, 6.45) is -0.277. The molecule has 2 atom stereocenters. The Labute approximate surface area is 193 Å². The van der Waals surface area contributed by atoms with E-state index in [-0.39, 0.29) is 12.4 Å². The predicted octanol–water partition coefficient (Wildman–Crippen LogP) is 0.643. The zero-order chi connectivity index (χ0) is 24.6. The molecule has 0 fully saturated rings. The van der Waals surface area contributed by atoms with Crippen molar-refractivity contribution in [1.29, 1.82) is 0 Å². The number of hydrogen-bond acceptors (Lipinski definition) is 8. The molecule has 0 bridgehead atoms. The smallest absolute Gasteiger partial charge is 0.251 e. The Morgan fingerprint density at radius 1 is 1.09 bits per heavy atom. The molecule has 0 aromatic heterocycles. The zero-order valence-corrected chi connectivity index (χ0v) is 19.5. The van der Waals surface area contributed by atoms with Crippen LogP contribution in [0.5, 0.6) is 5.75 Å². The molecule has 0 saturated heterocycles. The van der Waals surface area contributed by atoms with Crippen LogP contribution >= 0.6 is 0 Å². The van der Waals surface area contributed by atoms with Crippen LogP contribution < -0.4 is 21.3 Å².